The first kappa shape index (κ1) is 9.63. The minimum Gasteiger partial charge on any atom is -0.383 e. The van der Waals surface area contributed by atoms with Gasteiger partial charge < -0.3 is 5.11 Å². The molecule has 4 nitrogen and oxygen atoms in total. The van der Waals surface area contributed by atoms with Gasteiger partial charge in [0.15, 0.2) is 0 Å². The molecule has 0 saturated carbocycles. The van der Waals surface area contributed by atoms with Gasteiger partial charge in [-0.25, -0.2) is 0 Å². The second-order valence-electron chi connectivity index (χ2n) is 1.04. The molecule has 0 rings (SSSR count). The number of amides is 1. The zero-order valence-electron chi connectivity index (χ0n) is 3.88. The smallest absolute Gasteiger partial charge is 0.266 e. The topological polar surface area (TPSA) is 91.1 Å². The Bertz CT molecular complexity index is 61.2. The van der Waals surface area contributed by atoms with E-state index in [0.717, 1.165) is 0 Å². The molecule has 1 amide bonds. The third-order valence-corrected chi connectivity index (χ3v) is 0.379. The van der Waals surface area contributed by atoms with Crippen molar-refractivity contribution in [1.82, 2.24) is 5.73 Å². The largest absolute Gasteiger partial charge is 0.383 e. The fraction of sp³-hybridized carbons (Fsp3) is 0.667. The van der Waals surface area contributed by atoms with Gasteiger partial charge in [0.2, 0.25) is 0 Å². The Morgan fingerprint density at radius 1 is 1.86 bits per heavy atom. The Morgan fingerprint density at radius 2 is 2.00 bits per heavy atom. The highest BCUT2D eigenvalue weighted by atomic mass is 16.3. The van der Waals surface area contributed by atoms with Crippen molar-refractivity contribution >= 4 is 5.91 Å². The summed E-state index contributed by atoms with van der Waals surface area (Å²) in [4.78, 5) is 9.56. The van der Waals surface area contributed by atoms with Crippen molar-refractivity contribution in [3.05, 3.63) is 0 Å². The van der Waals surface area contributed by atoms with E-state index in [1.807, 2.05) is 0 Å². The van der Waals surface area contributed by atoms with Crippen LogP contribution in [0.1, 0.15) is 6.92 Å². The molecule has 1 atom stereocenters. The fourth-order valence-electron chi connectivity index (χ4n) is 0. The van der Waals surface area contributed by atoms with Crippen LogP contribution in [-0.4, -0.2) is 22.6 Å². The monoisotopic (exact) mass is 105 g/mol. The van der Waals surface area contributed by atoms with E-state index in [1.54, 1.807) is 0 Å². The maximum Gasteiger partial charge on any atom is 0.266 e. The second kappa shape index (κ2) is 3.58. The summed E-state index contributed by atoms with van der Waals surface area (Å²) in [5.74, 6) is -0.935. The third-order valence-electron chi connectivity index (χ3n) is 0.379. The van der Waals surface area contributed by atoms with E-state index < -0.39 is 12.0 Å². The Kier molecular flexibility index (Phi) is 4.92. The molecule has 0 spiro atoms. The van der Waals surface area contributed by atoms with Gasteiger partial charge in [-0.15, -0.1) is 0 Å². The molecule has 0 fully saturated rings. The fourth-order valence-corrected chi connectivity index (χ4v) is 0. The molecule has 2 radical (unpaired) electrons. The molecular formula is C3H7NO3. The lowest BCUT2D eigenvalue weighted by Crippen LogP contribution is -2.15. The molecule has 42 valence electrons. The van der Waals surface area contributed by atoms with Gasteiger partial charge in [-0.3, -0.25) is 16.0 Å². The summed E-state index contributed by atoms with van der Waals surface area (Å²) >= 11 is 0. The van der Waals surface area contributed by atoms with Crippen molar-refractivity contribution in [2.75, 3.05) is 0 Å². The van der Waals surface area contributed by atoms with Crippen molar-refractivity contribution < 1.29 is 15.4 Å². The Morgan fingerprint density at radius 3 is 2.00 bits per heavy atom. The lowest BCUT2D eigenvalue weighted by Gasteiger charge is -1.89. The van der Waals surface area contributed by atoms with E-state index in [1.165, 1.54) is 6.92 Å². The van der Waals surface area contributed by atoms with E-state index >= 15 is 0 Å². The minimum absolute atomic E-state index is 0. The summed E-state index contributed by atoms with van der Waals surface area (Å²) in [6, 6.07) is 0. The molecule has 4 heteroatoms. The summed E-state index contributed by atoms with van der Waals surface area (Å²) in [7, 11) is 0. The molecular weight excluding hydrogens is 98.0 g/mol. The van der Waals surface area contributed by atoms with Crippen LogP contribution in [0, 0.1) is 0 Å². The quantitative estimate of drug-likeness (QED) is 0.447. The summed E-state index contributed by atoms with van der Waals surface area (Å²) < 4.78 is 0. The lowest BCUT2D eigenvalue weighted by atomic mass is 10.4. The van der Waals surface area contributed by atoms with Crippen LogP contribution in [0.5, 0.6) is 0 Å². The standard InChI is InChI=1S/C3H6NO2.HO/c1-2(5)3(4)6;/h2,4-5H,1H3;1H. The van der Waals surface area contributed by atoms with Crippen LogP contribution in [0.25, 0.3) is 0 Å². The van der Waals surface area contributed by atoms with Gasteiger partial charge in [0, 0.05) is 0 Å². The number of carbonyl (C=O) groups is 1. The van der Waals surface area contributed by atoms with Gasteiger partial charge in [-0.2, -0.15) is 0 Å². The van der Waals surface area contributed by atoms with Gasteiger partial charge in [0.25, 0.3) is 5.91 Å². The first-order valence-electron chi connectivity index (χ1n) is 1.58. The predicted molar refractivity (Wildman–Crippen MR) is 21.7 cm³/mol. The summed E-state index contributed by atoms with van der Waals surface area (Å²) in [6.45, 7) is 1.26. The number of carbonyl (C=O) groups excluding carboxylic acids is 1. The van der Waals surface area contributed by atoms with E-state index in [0.29, 0.717) is 0 Å². The third kappa shape index (κ3) is 5.39. The van der Waals surface area contributed by atoms with Crippen molar-refractivity contribution in [3.63, 3.8) is 0 Å². The predicted octanol–water partition coefficient (Wildman–Crippen LogP) is -1.00. The number of hydrogen-bond donors (Lipinski definition) is 2. The van der Waals surface area contributed by atoms with Crippen molar-refractivity contribution in [1.29, 1.82) is 0 Å². The van der Waals surface area contributed by atoms with Crippen molar-refractivity contribution in [2.45, 2.75) is 13.0 Å². The molecule has 0 bridgehead atoms. The molecule has 0 aromatic rings. The number of aliphatic hydroxyl groups is 1. The van der Waals surface area contributed by atoms with Gasteiger partial charge in [0.1, 0.15) is 6.10 Å². The highest BCUT2D eigenvalue weighted by Gasteiger charge is 1.99. The van der Waals surface area contributed by atoms with Crippen molar-refractivity contribution in [2.24, 2.45) is 0 Å². The number of rotatable bonds is 1. The van der Waals surface area contributed by atoms with Crippen LogP contribution in [-0.2, 0) is 4.79 Å². The van der Waals surface area contributed by atoms with Gasteiger partial charge >= 0.3 is 0 Å². The highest BCUT2D eigenvalue weighted by Crippen LogP contribution is 1.72. The van der Waals surface area contributed by atoms with Gasteiger partial charge in [0.05, 0.1) is 0 Å². The molecule has 0 aliphatic carbocycles. The highest BCUT2D eigenvalue weighted by molar-refractivity contribution is 5.77. The molecule has 0 saturated heterocycles. The molecule has 0 aromatic carbocycles. The molecule has 7 heavy (non-hydrogen) atoms. The van der Waals surface area contributed by atoms with E-state index in [-0.39, 0.29) is 5.48 Å². The molecule has 0 aromatic heterocycles. The number of aliphatic hydroxyl groups excluding tert-OH is 1. The van der Waals surface area contributed by atoms with Crippen LogP contribution in [0.15, 0.2) is 0 Å². The molecule has 3 N–H and O–H groups in total. The average molecular weight is 105 g/mol. The van der Waals surface area contributed by atoms with Crippen LogP contribution < -0.4 is 5.73 Å². The number of hydrogen-bond acceptors (Lipinski definition) is 2. The van der Waals surface area contributed by atoms with Gasteiger partial charge in [-0.1, -0.05) is 0 Å². The molecule has 0 aliphatic heterocycles. The Balaban J connectivity index is 0. The summed E-state index contributed by atoms with van der Waals surface area (Å²) in [5.41, 5.74) is 6.14. The molecule has 0 heterocycles. The SMILES string of the molecule is CC(O)C([NH])=O.[OH]. The first-order valence-corrected chi connectivity index (χ1v) is 1.58. The van der Waals surface area contributed by atoms with Crippen molar-refractivity contribution in [3.8, 4) is 0 Å². The zero-order chi connectivity index (χ0) is 5.15. The maximum absolute atomic E-state index is 9.56. The maximum atomic E-state index is 9.56. The first-order chi connectivity index (χ1) is 2.64. The summed E-state index contributed by atoms with van der Waals surface area (Å²) in [6.07, 6.45) is -1.12. The van der Waals surface area contributed by atoms with E-state index in [9.17, 15) is 4.79 Å². The van der Waals surface area contributed by atoms with Crippen LogP contribution >= 0.6 is 0 Å². The zero-order valence-corrected chi connectivity index (χ0v) is 3.88. The van der Waals surface area contributed by atoms with Crippen LogP contribution in [0.2, 0.25) is 0 Å². The summed E-state index contributed by atoms with van der Waals surface area (Å²) in [5, 5.41) is 8.09. The minimum atomic E-state index is -1.12. The normalized spacial score (nSPS) is 11.7. The van der Waals surface area contributed by atoms with Crippen LogP contribution in [0.3, 0.4) is 0 Å². The average Bonchev–Trinajstić information content (AvgIpc) is 1.36. The van der Waals surface area contributed by atoms with Crippen LogP contribution in [0.4, 0.5) is 0 Å². The van der Waals surface area contributed by atoms with Gasteiger partial charge in [-0.05, 0) is 6.92 Å². The Hall–Kier alpha value is -0.610. The number of nitrogens with one attached hydrogen (secondary N) is 1. The van der Waals surface area contributed by atoms with E-state index in [2.05, 4.69) is 0 Å². The molecule has 1 unspecified atom stereocenters. The van der Waals surface area contributed by atoms with E-state index in [4.69, 9.17) is 10.8 Å². The second-order valence-corrected chi connectivity index (χ2v) is 1.04. The lowest BCUT2D eigenvalue weighted by molar-refractivity contribution is -0.125. The Labute approximate surface area is 41.2 Å². The molecule has 0 aliphatic rings.